The van der Waals surface area contributed by atoms with E-state index in [1.165, 1.54) is 0 Å². The van der Waals surface area contributed by atoms with E-state index < -0.39 is 0 Å². The van der Waals surface area contributed by atoms with E-state index in [2.05, 4.69) is 26.1 Å². The van der Waals surface area contributed by atoms with Crippen molar-refractivity contribution in [1.82, 2.24) is 15.5 Å². The number of aromatic amines is 1. The van der Waals surface area contributed by atoms with Gasteiger partial charge in [-0.05, 0) is 25.1 Å². The Balaban J connectivity index is 1.69. The van der Waals surface area contributed by atoms with Gasteiger partial charge in [-0.2, -0.15) is 5.10 Å². The van der Waals surface area contributed by atoms with Crippen LogP contribution in [-0.4, -0.2) is 37.0 Å². The fraction of sp³-hybridized carbons (Fsp3) is 0.333. The highest BCUT2D eigenvalue weighted by molar-refractivity contribution is 5.99. The van der Waals surface area contributed by atoms with Gasteiger partial charge >= 0.3 is 6.03 Å². The smallest absolute Gasteiger partial charge is 0.324 e. The van der Waals surface area contributed by atoms with Crippen LogP contribution in [0.4, 0.5) is 16.3 Å². The molecule has 0 saturated heterocycles. The number of carbonyl (C=O) groups is 1. The van der Waals surface area contributed by atoms with Crippen LogP contribution in [0, 0.1) is 0 Å². The monoisotopic (exact) mass is 317 g/mol. The van der Waals surface area contributed by atoms with Gasteiger partial charge in [-0.25, -0.2) is 4.79 Å². The van der Waals surface area contributed by atoms with Crippen LogP contribution >= 0.6 is 0 Å². The molecule has 0 spiro atoms. The SMILES string of the molecule is COc1ccc(NC(=O)Nc2n[nH]c3c2CCNC3)cc1OC. The number of nitrogens with one attached hydrogen (secondary N) is 4. The van der Waals surface area contributed by atoms with Crippen molar-refractivity contribution in [2.24, 2.45) is 0 Å². The second-order valence-corrected chi connectivity index (χ2v) is 5.10. The Bertz CT molecular complexity index is 713. The van der Waals surface area contributed by atoms with Crippen LogP contribution in [-0.2, 0) is 13.0 Å². The van der Waals surface area contributed by atoms with Crippen LogP contribution in [0.25, 0.3) is 0 Å². The van der Waals surface area contributed by atoms with Crippen LogP contribution in [0.3, 0.4) is 0 Å². The first-order valence-electron chi connectivity index (χ1n) is 7.28. The number of methoxy groups -OCH3 is 2. The van der Waals surface area contributed by atoms with Gasteiger partial charge in [0, 0.05) is 23.9 Å². The van der Waals surface area contributed by atoms with Crippen LogP contribution in [0.2, 0.25) is 0 Å². The van der Waals surface area contributed by atoms with Gasteiger partial charge in [0.05, 0.1) is 19.9 Å². The summed E-state index contributed by atoms with van der Waals surface area (Å²) in [5.74, 6) is 1.72. The first-order chi connectivity index (χ1) is 11.2. The summed E-state index contributed by atoms with van der Waals surface area (Å²) < 4.78 is 10.4. The van der Waals surface area contributed by atoms with Gasteiger partial charge in [0.25, 0.3) is 0 Å². The van der Waals surface area contributed by atoms with Crippen LogP contribution in [0.15, 0.2) is 18.2 Å². The lowest BCUT2D eigenvalue weighted by Gasteiger charge is -2.14. The summed E-state index contributed by atoms with van der Waals surface area (Å²) in [6.07, 6.45) is 0.831. The molecule has 1 aliphatic heterocycles. The largest absolute Gasteiger partial charge is 0.493 e. The minimum absolute atomic E-state index is 0.356. The number of nitrogens with zero attached hydrogens (tertiary/aromatic N) is 1. The highest BCUT2D eigenvalue weighted by atomic mass is 16.5. The number of rotatable bonds is 4. The van der Waals surface area contributed by atoms with Gasteiger partial charge in [0.15, 0.2) is 17.3 Å². The van der Waals surface area contributed by atoms with Gasteiger partial charge in [-0.3, -0.25) is 10.4 Å². The minimum Gasteiger partial charge on any atom is -0.493 e. The summed E-state index contributed by atoms with van der Waals surface area (Å²) in [6.45, 7) is 1.61. The van der Waals surface area contributed by atoms with Crippen molar-refractivity contribution in [3.63, 3.8) is 0 Å². The Morgan fingerprint density at radius 2 is 2.04 bits per heavy atom. The van der Waals surface area contributed by atoms with Crippen molar-refractivity contribution in [3.05, 3.63) is 29.5 Å². The van der Waals surface area contributed by atoms with Gasteiger partial charge in [-0.1, -0.05) is 0 Å². The number of ether oxygens (including phenoxy) is 2. The number of urea groups is 1. The number of anilines is 2. The molecule has 1 aromatic heterocycles. The number of H-pyrrole nitrogens is 1. The first-order valence-corrected chi connectivity index (χ1v) is 7.28. The minimum atomic E-state index is -0.356. The standard InChI is InChI=1S/C15H19N5O3/c1-22-12-4-3-9(7-13(12)23-2)17-15(21)18-14-10-5-6-16-8-11(10)19-20-14/h3-4,7,16H,5-6,8H2,1-2H3,(H3,17,18,19,20,21). The number of hydrogen-bond donors (Lipinski definition) is 4. The highest BCUT2D eigenvalue weighted by Crippen LogP contribution is 2.29. The highest BCUT2D eigenvalue weighted by Gasteiger charge is 2.18. The quantitative estimate of drug-likeness (QED) is 0.688. The molecule has 0 bridgehead atoms. The van der Waals surface area contributed by atoms with Crippen molar-refractivity contribution in [1.29, 1.82) is 0 Å². The maximum absolute atomic E-state index is 12.2. The van der Waals surface area contributed by atoms with E-state index in [0.717, 1.165) is 30.8 Å². The molecular weight excluding hydrogens is 298 g/mol. The van der Waals surface area contributed by atoms with E-state index in [4.69, 9.17) is 9.47 Å². The van der Waals surface area contributed by atoms with Gasteiger partial charge in [-0.15, -0.1) is 0 Å². The Hall–Kier alpha value is -2.74. The molecule has 4 N–H and O–H groups in total. The molecule has 8 nitrogen and oxygen atoms in total. The lowest BCUT2D eigenvalue weighted by molar-refractivity contribution is 0.262. The van der Waals surface area contributed by atoms with Crippen molar-refractivity contribution < 1.29 is 14.3 Å². The van der Waals surface area contributed by atoms with E-state index in [-0.39, 0.29) is 6.03 Å². The molecule has 1 aromatic carbocycles. The molecule has 8 heteroatoms. The Morgan fingerprint density at radius 1 is 1.22 bits per heavy atom. The molecule has 1 aliphatic rings. The average Bonchev–Trinajstić information content (AvgIpc) is 2.97. The molecule has 2 heterocycles. The predicted molar refractivity (Wildman–Crippen MR) is 86.2 cm³/mol. The molecule has 23 heavy (non-hydrogen) atoms. The molecule has 2 aromatic rings. The molecule has 3 rings (SSSR count). The third-order valence-corrected chi connectivity index (χ3v) is 3.68. The first kappa shape index (κ1) is 15.2. The normalized spacial score (nSPS) is 13.1. The van der Waals surface area contributed by atoms with E-state index in [1.807, 2.05) is 0 Å². The topological polar surface area (TPSA) is 100 Å². The van der Waals surface area contributed by atoms with E-state index in [0.29, 0.717) is 23.0 Å². The number of amides is 2. The summed E-state index contributed by atoms with van der Waals surface area (Å²) in [5.41, 5.74) is 2.66. The maximum Gasteiger partial charge on any atom is 0.324 e. The molecule has 2 amide bonds. The molecule has 122 valence electrons. The summed E-state index contributed by atoms with van der Waals surface area (Å²) >= 11 is 0. The third-order valence-electron chi connectivity index (χ3n) is 3.68. The lowest BCUT2D eigenvalue weighted by Crippen LogP contribution is -2.25. The molecule has 0 aliphatic carbocycles. The molecule has 0 fully saturated rings. The zero-order valence-corrected chi connectivity index (χ0v) is 13.0. The Kier molecular flexibility index (Phi) is 4.33. The molecule has 0 unspecified atom stereocenters. The van der Waals surface area contributed by atoms with E-state index in [9.17, 15) is 4.79 Å². The lowest BCUT2D eigenvalue weighted by atomic mass is 10.1. The van der Waals surface area contributed by atoms with E-state index in [1.54, 1.807) is 32.4 Å². The summed E-state index contributed by atoms with van der Waals surface area (Å²) in [7, 11) is 3.11. The summed E-state index contributed by atoms with van der Waals surface area (Å²) in [6, 6.07) is 4.81. The summed E-state index contributed by atoms with van der Waals surface area (Å²) in [4.78, 5) is 12.2. The van der Waals surface area contributed by atoms with Gasteiger partial charge < -0.3 is 20.1 Å². The van der Waals surface area contributed by atoms with Crippen molar-refractivity contribution >= 4 is 17.5 Å². The molecule has 0 atom stereocenters. The molecule has 0 radical (unpaired) electrons. The fourth-order valence-electron chi connectivity index (χ4n) is 2.53. The number of carbonyl (C=O) groups excluding carboxylic acids is 1. The zero-order valence-electron chi connectivity index (χ0n) is 13.0. The van der Waals surface area contributed by atoms with Crippen molar-refractivity contribution in [2.75, 3.05) is 31.4 Å². The van der Waals surface area contributed by atoms with Gasteiger partial charge in [0.2, 0.25) is 0 Å². The maximum atomic E-state index is 12.2. The van der Waals surface area contributed by atoms with Crippen LogP contribution in [0.1, 0.15) is 11.3 Å². The zero-order chi connectivity index (χ0) is 16.2. The number of hydrogen-bond acceptors (Lipinski definition) is 5. The van der Waals surface area contributed by atoms with Crippen LogP contribution in [0.5, 0.6) is 11.5 Å². The second-order valence-electron chi connectivity index (χ2n) is 5.10. The van der Waals surface area contributed by atoms with E-state index >= 15 is 0 Å². The molecular formula is C15H19N5O3. The Labute approximate surface area is 133 Å². The molecule has 0 saturated carbocycles. The number of benzene rings is 1. The van der Waals surface area contributed by atoms with Crippen molar-refractivity contribution in [3.8, 4) is 11.5 Å². The van der Waals surface area contributed by atoms with Gasteiger partial charge in [0.1, 0.15) is 0 Å². The Morgan fingerprint density at radius 3 is 2.83 bits per heavy atom. The van der Waals surface area contributed by atoms with Crippen LogP contribution < -0.4 is 25.4 Å². The predicted octanol–water partition coefficient (Wildman–Crippen LogP) is 1.72. The average molecular weight is 317 g/mol. The fourth-order valence-corrected chi connectivity index (χ4v) is 2.53. The third kappa shape index (κ3) is 3.21. The van der Waals surface area contributed by atoms with Crippen molar-refractivity contribution in [2.45, 2.75) is 13.0 Å². The summed E-state index contributed by atoms with van der Waals surface area (Å²) in [5, 5.41) is 15.9. The second kappa shape index (κ2) is 6.57. The number of aromatic nitrogens is 2. The number of fused-ring (bicyclic) bond motifs is 1.